The maximum Gasteiger partial charge on any atom is 0.0481 e. The van der Waals surface area contributed by atoms with E-state index in [2.05, 4.69) is 48.9 Å². The second-order valence-corrected chi connectivity index (χ2v) is 11.7. The maximum atomic E-state index is 2.53. The van der Waals surface area contributed by atoms with Gasteiger partial charge in [-0.25, -0.2) is 0 Å². The molecule has 3 heterocycles. The molecule has 0 aliphatic heterocycles. The molecule has 0 spiro atoms. The number of hydrogen-bond acceptors (Lipinski definition) is 3. The third kappa shape index (κ3) is 7.87. The minimum absolute atomic E-state index is 1.23. The summed E-state index contributed by atoms with van der Waals surface area (Å²) in [4.78, 5) is 6.01. The number of rotatable bonds is 16. The molecule has 0 aliphatic carbocycles. The first-order chi connectivity index (χ1) is 15.3. The van der Waals surface area contributed by atoms with E-state index in [1.165, 1.54) is 109 Å². The molecule has 3 rings (SSSR count). The largest absolute Gasteiger partial charge is 0.143 e. The first-order valence-corrected chi connectivity index (χ1v) is 15.1. The highest BCUT2D eigenvalue weighted by Crippen LogP contribution is 2.43. The second-order valence-electron chi connectivity index (χ2n) is 8.75. The fraction of sp³-hybridized carbons (Fsp3) is 0.571. The highest BCUT2D eigenvalue weighted by Gasteiger charge is 2.16. The lowest BCUT2D eigenvalue weighted by molar-refractivity contribution is 0.608. The Kier molecular flexibility index (Phi) is 11.4. The molecule has 0 aromatic carbocycles. The summed E-state index contributed by atoms with van der Waals surface area (Å²) in [5, 5.41) is 4.53. The van der Waals surface area contributed by atoms with Gasteiger partial charge < -0.3 is 0 Å². The van der Waals surface area contributed by atoms with Crippen LogP contribution in [0, 0.1) is 0 Å². The Morgan fingerprint density at radius 1 is 0.581 bits per heavy atom. The van der Waals surface area contributed by atoms with Gasteiger partial charge in [0, 0.05) is 19.5 Å². The minimum Gasteiger partial charge on any atom is -0.143 e. The lowest BCUT2D eigenvalue weighted by Crippen LogP contribution is -1.87. The standard InChI is InChI=1S/C28H40S3/c1-3-5-7-9-11-13-16-23-19-21-30-27(23)26-22-24(17-14-12-10-8-6-4-2)28(31-26)25-18-15-20-29-25/h15,18-22H,3-14,16-17H2,1-2H3. The molecule has 0 aliphatic rings. The van der Waals surface area contributed by atoms with Crippen LogP contribution in [0.2, 0.25) is 0 Å². The lowest BCUT2D eigenvalue weighted by Gasteiger charge is -2.03. The van der Waals surface area contributed by atoms with E-state index in [1.807, 2.05) is 34.0 Å². The van der Waals surface area contributed by atoms with E-state index >= 15 is 0 Å². The summed E-state index contributed by atoms with van der Waals surface area (Å²) in [6, 6.07) is 9.41. The Labute approximate surface area is 202 Å². The Bertz CT molecular complexity index is 838. The number of unbranched alkanes of at least 4 members (excludes halogenated alkanes) is 10. The molecule has 0 unspecified atom stereocenters. The van der Waals surface area contributed by atoms with Crippen molar-refractivity contribution in [1.82, 2.24) is 0 Å². The van der Waals surface area contributed by atoms with Crippen LogP contribution < -0.4 is 0 Å². The van der Waals surface area contributed by atoms with Gasteiger partial charge in [-0.3, -0.25) is 0 Å². The first kappa shape index (κ1) is 24.7. The summed E-state index contributed by atoms with van der Waals surface area (Å²) in [5.74, 6) is 0. The van der Waals surface area contributed by atoms with Gasteiger partial charge in [0.05, 0.1) is 0 Å². The van der Waals surface area contributed by atoms with Gasteiger partial charge in [-0.15, -0.1) is 34.0 Å². The molecule has 3 aromatic rings. The lowest BCUT2D eigenvalue weighted by atomic mass is 10.0. The van der Waals surface area contributed by atoms with Crippen LogP contribution in [0.3, 0.4) is 0 Å². The molecule has 0 amide bonds. The third-order valence-corrected chi connectivity index (χ3v) is 9.49. The number of thiophene rings is 3. The number of hydrogen-bond donors (Lipinski definition) is 0. The van der Waals surface area contributed by atoms with Crippen LogP contribution in [0.5, 0.6) is 0 Å². The summed E-state index contributed by atoms with van der Waals surface area (Å²) < 4.78 is 0. The molecule has 0 radical (unpaired) electrons. The van der Waals surface area contributed by atoms with Crippen LogP contribution in [0.15, 0.2) is 35.0 Å². The van der Waals surface area contributed by atoms with Crippen molar-refractivity contribution >= 4 is 34.0 Å². The zero-order chi connectivity index (χ0) is 21.7. The van der Waals surface area contributed by atoms with Crippen LogP contribution >= 0.6 is 34.0 Å². The molecule has 0 fully saturated rings. The number of aryl methyl sites for hydroxylation is 2. The summed E-state index contributed by atoms with van der Waals surface area (Å²) >= 11 is 5.87. The smallest absolute Gasteiger partial charge is 0.0481 e. The van der Waals surface area contributed by atoms with E-state index in [9.17, 15) is 0 Å². The minimum atomic E-state index is 1.23. The Balaban J connectivity index is 1.64. The monoisotopic (exact) mass is 472 g/mol. The fourth-order valence-electron chi connectivity index (χ4n) is 4.28. The van der Waals surface area contributed by atoms with Crippen molar-refractivity contribution in [2.45, 2.75) is 104 Å². The molecule has 0 nitrogen and oxygen atoms in total. The van der Waals surface area contributed by atoms with Crippen molar-refractivity contribution in [3.8, 4) is 19.5 Å². The van der Waals surface area contributed by atoms with E-state index in [4.69, 9.17) is 0 Å². The molecular formula is C28H40S3. The van der Waals surface area contributed by atoms with Crippen LogP contribution in [-0.4, -0.2) is 0 Å². The van der Waals surface area contributed by atoms with Gasteiger partial charge in [-0.05, 0) is 65.8 Å². The Hall–Kier alpha value is -0.900. The molecular weight excluding hydrogens is 433 g/mol. The summed E-state index contributed by atoms with van der Waals surface area (Å²) in [6.07, 6.45) is 18.9. The molecule has 0 atom stereocenters. The molecule has 0 saturated heterocycles. The predicted octanol–water partition coefficient (Wildman–Crippen LogP) is 11.0. The van der Waals surface area contributed by atoms with Gasteiger partial charge in [0.1, 0.15) is 0 Å². The van der Waals surface area contributed by atoms with E-state index in [0.717, 1.165) is 0 Å². The molecule has 0 saturated carbocycles. The maximum absolute atomic E-state index is 2.53. The van der Waals surface area contributed by atoms with Gasteiger partial charge in [0.2, 0.25) is 0 Å². The first-order valence-electron chi connectivity index (χ1n) is 12.6. The van der Waals surface area contributed by atoms with Crippen molar-refractivity contribution in [2.24, 2.45) is 0 Å². The molecule has 170 valence electrons. The van der Waals surface area contributed by atoms with Gasteiger partial charge >= 0.3 is 0 Å². The summed E-state index contributed by atoms with van der Waals surface area (Å²) in [5.41, 5.74) is 3.16. The average Bonchev–Trinajstić information content (AvgIpc) is 3.53. The highest BCUT2D eigenvalue weighted by atomic mass is 32.1. The fourth-order valence-corrected chi connectivity index (χ4v) is 7.49. The van der Waals surface area contributed by atoms with E-state index in [1.54, 1.807) is 11.1 Å². The topological polar surface area (TPSA) is 0 Å². The zero-order valence-electron chi connectivity index (χ0n) is 19.6. The average molecular weight is 473 g/mol. The molecule has 0 N–H and O–H groups in total. The van der Waals surface area contributed by atoms with Gasteiger partial charge in [0.25, 0.3) is 0 Å². The van der Waals surface area contributed by atoms with Gasteiger partial charge in [-0.2, -0.15) is 0 Å². The van der Waals surface area contributed by atoms with Gasteiger partial charge in [0.15, 0.2) is 0 Å². The third-order valence-electron chi connectivity index (χ3n) is 6.12. The molecule has 0 bridgehead atoms. The van der Waals surface area contributed by atoms with Crippen LogP contribution in [0.25, 0.3) is 19.5 Å². The normalized spacial score (nSPS) is 11.4. The molecule has 3 heteroatoms. The Morgan fingerprint density at radius 3 is 1.87 bits per heavy atom. The van der Waals surface area contributed by atoms with Crippen molar-refractivity contribution in [3.05, 3.63) is 46.2 Å². The summed E-state index contributed by atoms with van der Waals surface area (Å²) in [7, 11) is 0. The van der Waals surface area contributed by atoms with Crippen molar-refractivity contribution in [2.75, 3.05) is 0 Å². The molecule has 3 aromatic heterocycles. The highest BCUT2D eigenvalue weighted by molar-refractivity contribution is 7.26. The van der Waals surface area contributed by atoms with E-state index < -0.39 is 0 Å². The van der Waals surface area contributed by atoms with Crippen molar-refractivity contribution in [3.63, 3.8) is 0 Å². The quantitative estimate of drug-likeness (QED) is 0.182. The van der Waals surface area contributed by atoms with Crippen LogP contribution in [-0.2, 0) is 12.8 Å². The van der Waals surface area contributed by atoms with Crippen LogP contribution in [0.4, 0.5) is 0 Å². The Morgan fingerprint density at radius 2 is 1.23 bits per heavy atom. The van der Waals surface area contributed by atoms with E-state index in [-0.39, 0.29) is 0 Å². The predicted molar refractivity (Wildman–Crippen MR) is 145 cm³/mol. The summed E-state index contributed by atoms with van der Waals surface area (Å²) in [6.45, 7) is 4.59. The zero-order valence-corrected chi connectivity index (χ0v) is 22.0. The van der Waals surface area contributed by atoms with Gasteiger partial charge in [-0.1, -0.05) is 84.1 Å². The molecule has 31 heavy (non-hydrogen) atoms. The van der Waals surface area contributed by atoms with Crippen molar-refractivity contribution < 1.29 is 0 Å². The SMILES string of the molecule is CCCCCCCCc1ccsc1-c1cc(CCCCCCCC)c(-c2cccs2)s1. The van der Waals surface area contributed by atoms with E-state index in [0.29, 0.717) is 0 Å². The van der Waals surface area contributed by atoms with Crippen molar-refractivity contribution in [1.29, 1.82) is 0 Å². The second kappa shape index (κ2) is 14.3. The van der Waals surface area contributed by atoms with Crippen LogP contribution in [0.1, 0.15) is 102 Å².